The van der Waals surface area contributed by atoms with E-state index in [1.807, 2.05) is 29.0 Å². The Morgan fingerprint density at radius 3 is 2.55 bits per heavy atom. The first-order valence-electron chi connectivity index (χ1n) is 9.96. The number of carbonyl (C=O) groups excluding carboxylic acids is 2. The van der Waals surface area contributed by atoms with Crippen LogP contribution in [0.2, 0.25) is 5.02 Å². The molecule has 1 saturated heterocycles. The fourth-order valence-corrected chi connectivity index (χ4v) is 5.09. The van der Waals surface area contributed by atoms with E-state index in [-0.39, 0.29) is 11.1 Å². The number of nitrogens with zero attached hydrogens (tertiary/aromatic N) is 2. The molecule has 0 N–H and O–H groups in total. The highest BCUT2D eigenvalue weighted by Gasteiger charge is 2.36. The predicted octanol–water partition coefficient (Wildman–Crippen LogP) is 7.49. The normalized spacial score (nSPS) is 15.2. The van der Waals surface area contributed by atoms with Gasteiger partial charge in [0.1, 0.15) is 5.82 Å². The van der Waals surface area contributed by atoms with E-state index < -0.39 is 5.91 Å². The first kappa shape index (κ1) is 21.9. The molecule has 5 rings (SSSR count). The van der Waals surface area contributed by atoms with Crippen molar-refractivity contribution in [2.75, 3.05) is 4.90 Å². The minimum atomic E-state index is -0.391. The number of imide groups is 1. The number of halogens is 3. The molecule has 0 bridgehead atoms. The minimum absolute atomic E-state index is 0.276. The molecule has 2 heterocycles. The molecule has 0 spiro atoms. The zero-order chi connectivity index (χ0) is 23.1. The van der Waals surface area contributed by atoms with Crippen molar-refractivity contribution >= 4 is 73.1 Å². The van der Waals surface area contributed by atoms with E-state index in [0.717, 1.165) is 37.6 Å². The van der Waals surface area contributed by atoms with Crippen molar-refractivity contribution in [1.82, 2.24) is 4.57 Å². The summed E-state index contributed by atoms with van der Waals surface area (Å²) in [7, 11) is 0. The van der Waals surface area contributed by atoms with Gasteiger partial charge in [0.2, 0.25) is 0 Å². The molecule has 4 aromatic rings. The van der Waals surface area contributed by atoms with Crippen LogP contribution in [0.1, 0.15) is 11.1 Å². The van der Waals surface area contributed by atoms with Crippen molar-refractivity contribution in [3.05, 3.63) is 104 Å². The van der Waals surface area contributed by atoms with Crippen molar-refractivity contribution in [1.29, 1.82) is 0 Å². The Hall–Kier alpha value is -2.87. The molecule has 4 nitrogen and oxygen atoms in total. The SMILES string of the molecule is O=C1S/C(=C\c2cn(Cc3ccccc3F)c3ccc(Br)cc23)C(=O)N1c1ccc(Cl)cc1. The number of thioether (sulfide) groups is 1. The van der Waals surface area contributed by atoms with Crippen LogP contribution >= 0.6 is 39.3 Å². The van der Waals surface area contributed by atoms with E-state index in [1.54, 1.807) is 48.5 Å². The van der Waals surface area contributed by atoms with Crippen LogP contribution in [0, 0.1) is 5.82 Å². The van der Waals surface area contributed by atoms with Gasteiger partial charge in [-0.05, 0) is 66.4 Å². The summed E-state index contributed by atoms with van der Waals surface area (Å²) in [5.41, 5.74) is 2.69. The van der Waals surface area contributed by atoms with E-state index in [1.165, 1.54) is 6.07 Å². The summed E-state index contributed by atoms with van der Waals surface area (Å²) in [5.74, 6) is -0.667. The third-order valence-corrected chi connectivity index (χ3v) is 6.95. The molecule has 0 saturated carbocycles. The zero-order valence-electron chi connectivity index (χ0n) is 17.0. The Balaban J connectivity index is 1.55. The first-order valence-corrected chi connectivity index (χ1v) is 11.9. The van der Waals surface area contributed by atoms with E-state index in [9.17, 15) is 14.0 Å². The van der Waals surface area contributed by atoms with Crippen LogP contribution in [0.5, 0.6) is 0 Å². The number of aromatic nitrogens is 1. The Morgan fingerprint density at radius 2 is 1.79 bits per heavy atom. The fraction of sp³-hybridized carbons (Fsp3) is 0.0400. The average Bonchev–Trinajstić information content (AvgIpc) is 3.26. The van der Waals surface area contributed by atoms with Gasteiger partial charge in [-0.25, -0.2) is 9.29 Å². The van der Waals surface area contributed by atoms with Gasteiger partial charge in [-0.1, -0.05) is 45.7 Å². The Labute approximate surface area is 206 Å². The van der Waals surface area contributed by atoms with Crippen LogP contribution in [0.25, 0.3) is 17.0 Å². The number of amides is 2. The third-order valence-electron chi connectivity index (χ3n) is 5.34. The standard InChI is InChI=1S/C25H15BrClFN2O2S/c26-17-5-10-22-20(12-17)16(14-29(22)13-15-3-1-2-4-21(15)28)11-23-24(31)30(25(32)33-23)19-8-6-18(27)7-9-19/h1-12,14H,13H2/b23-11-. The maximum atomic E-state index is 14.3. The van der Waals surface area contributed by atoms with Gasteiger partial charge in [0.15, 0.2) is 0 Å². The van der Waals surface area contributed by atoms with Gasteiger partial charge in [0, 0.05) is 37.7 Å². The van der Waals surface area contributed by atoms with Crippen molar-refractivity contribution < 1.29 is 14.0 Å². The largest absolute Gasteiger partial charge is 0.342 e. The van der Waals surface area contributed by atoms with Crippen molar-refractivity contribution in [2.24, 2.45) is 0 Å². The number of hydrogen-bond acceptors (Lipinski definition) is 3. The molecule has 164 valence electrons. The molecule has 2 amide bonds. The fourth-order valence-electron chi connectivity index (χ4n) is 3.77. The van der Waals surface area contributed by atoms with Crippen molar-refractivity contribution in [2.45, 2.75) is 6.54 Å². The lowest BCUT2D eigenvalue weighted by atomic mass is 10.1. The van der Waals surface area contributed by atoms with Crippen molar-refractivity contribution in [3.8, 4) is 0 Å². The first-order chi connectivity index (χ1) is 15.9. The summed E-state index contributed by atoms with van der Waals surface area (Å²) in [6.45, 7) is 0.338. The number of anilines is 1. The molecular weight excluding hydrogens is 527 g/mol. The third kappa shape index (κ3) is 4.24. The van der Waals surface area contributed by atoms with Crippen LogP contribution in [0.4, 0.5) is 14.9 Å². The quantitative estimate of drug-likeness (QED) is 0.251. The molecular formula is C25H15BrClFN2O2S. The molecule has 8 heteroatoms. The van der Waals surface area contributed by atoms with Gasteiger partial charge < -0.3 is 4.57 Å². The van der Waals surface area contributed by atoms with Crippen LogP contribution < -0.4 is 4.90 Å². The number of fused-ring (bicyclic) bond motifs is 1. The summed E-state index contributed by atoms with van der Waals surface area (Å²) in [4.78, 5) is 27.1. The molecule has 1 aliphatic rings. The molecule has 3 aromatic carbocycles. The van der Waals surface area contributed by atoms with Gasteiger partial charge in [-0.2, -0.15) is 0 Å². The van der Waals surface area contributed by atoms with Crippen LogP contribution in [-0.2, 0) is 11.3 Å². The zero-order valence-corrected chi connectivity index (χ0v) is 20.1. The Morgan fingerprint density at radius 1 is 1.03 bits per heavy atom. The van der Waals surface area contributed by atoms with E-state index in [0.29, 0.717) is 27.7 Å². The molecule has 0 radical (unpaired) electrons. The maximum Gasteiger partial charge on any atom is 0.298 e. The number of rotatable bonds is 4. The lowest BCUT2D eigenvalue weighted by Crippen LogP contribution is -2.27. The van der Waals surface area contributed by atoms with Gasteiger partial charge in [0.05, 0.1) is 17.1 Å². The molecule has 0 aliphatic carbocycles. The van der Waals surface area contributed by atoms with E-state index in [2.05, 4.69) is 15.9 Å². The number of benzene rings is 3. The predicted molar refractivity (Wildman–Crippen MR) is 135 cm³/mol. The molecule has 0 unspecified atom stereocenters. The molecule has 33 heavy (non-hydrogen) atoms. The highest BCUT2D eigenvalue weighted by Crippen LogP contribution is 2.37. The van der Waals surface area contributed by atoms with Crippen LogP contribution in [-0.4, -0.2) is 15.7 Å². The van der Waals surface area contributed by atoms with Crippen molar-refractivity contribution in [3.63, 3.8) is 0 Å². The highest BCUT2D eigenvalue weighted by atomic mass is 79.9. The van der Waals surface area contributed by atoms with Crippen LogP contribution in [0.3, 0.4) is 0 Å². The average molecular weight is 542 g/mol. The molecule has 0 atom stereocenters. The maximum absolute atomic E-state index is 14.3. The second-order valence-electron chi connectivity index (χ2n) is 7.46. The van der Waals surface area contributed by atoms with E-state index in [4.69, 9.17) is 11.6 Å². The summed E-state index contributed by atoms with van der Waals surface area (Å²) in [6.07, 6.45) is 3.59. The Bertz CT molecular complexity index is 1450. The van der Waals surface area contributed by atoms with E-state index >= 15 is 0 Å². The molecule has 1 aromatic heterocycles. The lowest BCUT2D eigenvalue weighted by molar-refractivity contribution is -0.113. The summed E-state index contributed by atoms with van der Waals surface area (Å²) >= 11 is 10.3. The summed E-state index contributed by atoms with van der Waals surface area (Å²) in [6, 6.07) is 19.0. The van der Waals surface area contributed by atoms with Gasteiger partial charge in [-0.3, -0.25) is 9.59 Å². The van der Waals surface area contributed by atoms with Gasteiger partial charge >= 0.3 is 0 Å². The second kappa shape index (κ2) is 8.82. The van der Waals surface area contributed by atoms with Gasteiger partial charge in [0.25, 0.3) is 11.1 Å². The lowest BCUT2D eigenvalue weighted by Gasteiger charge is -2.12. The molecule has 1 fully saturated rings. The van der Waals surface area contributed by atoms with Gasteiger partial charge in [-0.15, -0.1) is 0 Å². The molecule has 1 aliphatic heterocycles. The number of carbonyl (C=O) groups is 2. The highest BCUT2D eigenvalue weighted by molar-refractivity contribution is 9.10. The minimum Gasteiger partial charge on any atom is -0.342 e. The summed E-state index contributed by atoms with van der Waals surface area (Å²) in [5, 5.41) is 1.04. The summed E-state index contributed by atoms with van der Waals surface area (Å²) < 4.78 is 17.1. The monoisotopic (exact) mass is 540 g/mol. The van der Waals surface area contributed by atoms with Crippen LogP contribution in [0.15, 0.2) is 82.3 Å². The second-order valence-corrected chi connectivity index (χ2v) is 9.80. The Kier molecular flexibility index (Phi) is 5.86. The topological polar surface area (TPSA) is 42.3 Å². The smallest absolute Gasteiger partial charge is 0.298 e. The number of hydrogen-bond donors (Lipinski definition) is 0.